The molecule has 1 N–H and O–H groups in total. The van der Waals surface area contributed by atoms with Gasteiger partial charge in [0.25, 0.3) is 0 Å². The van der Waals surface area contributed by atoms with Crippen LogP contribution in [0.3, 0.4) is 0 Å². The lowest BCUT2D eigenvalue weighted by molar-refractivity contribution is -0.137. The van der Waals surface area contributed by atoms with Crippen LogP contribution in [-0.4, -0.2) is 39.6 Å². The maximum absolute atomic E-state index is 13.4. The van der Waals surface area contributed by atoms with E-state index in [2.05, 4.69) is 29.4 Å². The minimum Gasteiger partial charge on any atom is -0.497 e. The molecule has 0 aliphatic heterocycles. The highest BCUT2D eigenvalue weighted by atomic mass is 32.2. The fraction of sp³-hybridized carbons (Fsp3) is 0.444. The summed E-state index contributed by atoms with van der Waals surface area (Å²) in [5, 5.41) is 11.8. The molecule has 3 aromatic rings. The summed E-state index contributed by atoms with van der Waals surface area (Å²) in [7, 11) is 1.56. The van der Waals surface area contributed by atoms with Crippen molar-refractivity contribution in [2.75, 3.05) is 12.9 Å². The Morgan fingerprint density at radius 1 is 1.11 bits per heavy atom. The zero-order valence-corrected chi connectivity index (χ0v) is 22.3. The summed E-state index contributed by atoms with van der Waals surface area (Å²) < 4.78 is 52.8. The lowest BCUT2D eigenvalue weighted by Gasteiger charge is -2.34. The van der Waals surface area contributed by atoms with Gasteiger partial charge in [-0.2, -0.15) is 13.2 Å². The van der Waals surface area contributed by atoms with Crippen molar-refractivity contribution in [1.29, 1.82) is 0 Å². The van der Waals surface area contributed by atoms with E-state index in [4.69, 9.17) is 9.47 Å². The number of benzene rings is 2. The van der Waals surface area contributed by atoms with Crippen molar-refractivity contribution in [2.24, 2.45) is 11.8 Å². The Balaban J connectivity index is 1.53. The van der Waals surface area contributed by atoms with Gasteiger partial charge >= 0.3 is 6.18 Å². The zero-order valence-electron chi connectivity index (χ0n) is 21.5. The topological polar surface area (TPSA) is 78.3 Å². The van der Waals surface area contributed by atoms with Crippen molar-refractivity contribution in [1.82, 2.24) is 20.1 Å². The molecule has 2 aromatic carbocycles. The van der Waals surface area contributed by atoms with Crippen molar-refractivity contribution in [3.8, 4) is 17.2 Å². The highest BCUT2D eigenvalue weighted by Crippen LogP contribution is 2.32. The lowest BCUT2D eigenvalue weighted by Crippen LogP contribution is -2.44. The molecule has 1 aromatic heterocycles. The number of aromatic nitrogens is 3. The third kappa shape index (κ3) is 6.80. The summed E-state index contributed by atoms with van der Waals surface area (Å²) >= 11 is 1.13. The molecular formula is C27H31F3N4O3S. The third-order valence-electron chi connectivity index (χ3n) is 6.95. The van der Waals surface area contributed by atoms with Gasteiger partial charge in [-0.25, -0.2) is 0 Å². The standard InChI is InChI=1S/C27H31F3N4O3S/c1-17-6-4-9-23(18(17)2)31-25(35)16-38-26-33-32-24(15-37-22-12-10-21(36-3)11-13-22)34(26)20-8-5-7-19(14-20)27(28,29)30/h5,7-8,10-14,17-18,23H,4,6,9,15-16H2,1-3H3,(H,31,35). The second-order valence-corrected chi connectivity index (χ2v) is 10.4. The maximum atomic E-state index is 13.4. The number of rotatable bonds is 9. The zero-order chi connectivity index (χ0) is 27.3. The first-order valence-corrected chi connectivity index (χ1v) is 13.4. The van der Waals surface area contributed by atoms with Crippen molar-refractivity contribution in [3.63, 3.8) is 0 Å². The van der Waals surface area contributed by atoms with Gasteiger partial charge < -0.3 is 14.8 Å². The molecule has 11 heteroatoms. The van der Waals surface area contributed by atoms with E-state index < -0.39 is 11.7 Å². The van der Waals surface area contributed by atoms with Crippen molar-refractivity contribution < 1.29 is 27.4 Å². The van der Waals surface area contributed by atoms with Crippen LogP contribution in [0.25, 0.3) is 5.69 Å². The molecule has 1 fully saturated rings. The lowest BCUT2D eigenvalue weighted by atomic mass is 9.78. The van der Waals surface area contributed by atoms with Crippen LogP contribution in [0.4, 0.5) is 13.2 Å². The molecular weight excluding hydrogens is 517 g/mol. The fourth-order valence-electron chi connectivity index (χ4n) is 4.55. The largest absolute Gasteiger partial charge is 0.497 e. The molecule has 0 spiro atoms. The Morgan fingerprint density at radius 3 is 2.55 bits per heavy atom. The number of nitrogens with one attached hydrogen (secondary N) is 1. The molecule has 38 heavy (non-hydrogen) atoms. The van der Waals surface area contributed by atoms with Crippen LogP contribution in [0.2, 0.25) is 0 Å². The van der Waals surface area contributed by atoms with E-state index in [1.54, 1.807) is 37.4 Å². The van der Waals surface area contributed by atoms with Crippen molar-refractivity contribution >= 4 is 17.7 Å². The Hall–Kier alpha value is -3.21. The van der Waals surface area contributed by atoms with Gasteiger partial charge in [0, 0.05) is 6.04 Å². The SMILES string of the molecule is COc1ccc(OCc2nnc(SCC(=O)NC3CCCC(C)C3C)n2-c2cccc(C(F)(F)F)c2)cc1. The van der Waals surface area contributed by atoms with E-state index >= 15 is 0 Å². The van der Waals surface area contributed by atoms with Crippen LogP contribution in [0, 0.1) is 11.8 Å². The van der Waals surface area contributed by atoms with Crippen molar-refractivity contribution in [2.45, 2.75) is 57.1 Å². The first-order valence-electron chi connectivity index (χ1n) is 12.5. The first kappa shape index (κ1) is 27.8. The van der Waals surface area contributed by atoms with Crippen LogP contribution in [0.1, 0.15) is 44.5 Å². The summed E-state index contributed by atoms with van der Waals surface area (Å²) in [5.41, 5.74) is -0.560. The molecule has 0 bridgehead atoms. The quantitative estimate of drug-likeness (QED) is 0.335. The second kappa shape index (κ2) is 12.1. The molecule has 1 aliphatic carbocycles. The average molecular weight is 549 g/mol. The number of carbonyl (C=O) groups is 1. The van der Waals surface area contributed by atoms with E-state index in [0.717, 1.165) is 43.2 Å². The molecule has 4 rings (SSSR count). The minimum absolute atomic E-state index is 0.0419. The average Bonchev–Trinajstić information content (AvgIpc) is 3.31. The summed E-state index contributed by atoms with van der Waals surface area (Å²) in [6.07, 6.45) is -1.34. The molecule has 0 saturated heterocycles. The number of hydrogen-bond donors (Lipinski definition) is 1. The van der Waals surface area contributed by atoms with Gasteiger partial charge in [0.1, 0.15) is 18.1 Å². The number of hydrogen-bond acceptors (Lipinski definition) is 6. The normalized spacial score (nSPS) is 19.7. The minimum atomic E-state index is -4.51. The van der Waals surface area contributed by atoms with Gasteiger partial charge in [-0.3, -0.25) is 9.36 Å². The predicted octanol–water partition coefficient (Wildman–Crippen LogP) is 5.91. The van der Waals surface area contributed by atoms with E-state index in [0.29, 0.717) is 34.3 Å². The van der Waals surface area contributed by atoms with Gasteiger partial charge in [-0.15, -0.1) is 10.2 Å². The van der Waals surface area contributed by atoms with Crippen molar-refractivity contribution in [3.05, 3.63) is 59.9 Å². The summed E-state index contributed by atoms with van der Waals surface area (Å²) in [4.78, 5) is 12.8. The summed E-state index contributed by atoms with van der Waals surface area (Å²) in [6.45, 7) is 4.31. The Labute approximate surface area is 224 Å². The number of carbonyl (C=O) groups excluding carboxylic acids is 1. The molecule has 7 nitrogen and oxygen atoms in total. The molecule has 1 aliphatic rings. The highest BCUT2D eigenvalue weighted by molar-refractivity contribution is 7.99. The van der Waals surface area contributed by atoms with Crippen LogP contribution in [-0.2, 0) is 17.6 Å². The van der Waals surface area contributed by atoms with Gasteiger partial charge in [0.2, 0.25) is 5.91 Å². The van der Waals surface area contributed by atoms with Gasteiger partial charge in [0.05, 0.1) is 24.1 Å². The smallest absolute Gasteiger partial charge is 0.416 e. The molecule has 1 heterocycles. The number of thioether (sulfide) groups is 1. The Kier molecular flexibility index (Phi) is 8.86. The van der Waals surface area contributed by atoms with E-state index in [1.165, 1.54) is 10.6 Å². The van der Waals surface area contributed by atoms with E-state index in [1.807, 2.05) is 0 Å². The molecule has 204 valence electrons. The highest BCUT2D eigenvalue weighted by Gasteiger charge is 2.31. The third-order valence-corrected chi connectivity index (χ3v) is 7.87. The predicted molar refractivity (Wildman–Crippen MR) is 139 cm³/mol. The van der Waals surface area contributed by atoms with Gasteiger partial charge in [0.15, 0.2) is 11.0 Å². The monoisotopic (exact) mass is 548 g/mol. The molecule has 3 atom stereocenters. The first-order chi connectivity index (χ1) is 18.2. The van der Waals surface area contributed by atoms with Gasteiger partial charge in [-0.05, 0) is 60.7 Å². The second-order valence-electron chi connectivity index (χ2n) is 9.48. The number of halogens is 3. The summed E-state index contributed by atoms with van der Waals surface area (Å²) in [5.74, 6) is 2.35. The molecule has 0 radical (unpaired) electrons. The number of ether oxygens (including phenoxy) is 2. The molecule has 3 unspecified atom stereocenters. The van der Waals surface area contributed by atoms with Crippen LogP contribution >= 0.6 is 11.8 Å². The number of amides is 1. The summed E-state index contributed by atoms with van der Waals surface area (Å²) in [6, 6.07) is 11.9. The number of alkyl halides is 3. The maximum Gasteiger partial charge on any atom is 0.416 e. The van der Waals surface area contributed by atoms with Crippen LogP contribution in [0.5, 0.6) is 11.5 Å². The van der Waals surface area contributed by atoms with Crippen LogP contribution < -0.4 is 14.8 Å². The van der Waals surface area contributed by atoms with E-state index in [-0.39, 0.29) is 30.0 Å². The van der Waals surface area contributed by atoms with Gasteiger partial charge in [-0.1, -0.05) is 44.5 Å². The molecule has 1 amide bonds. The fourth-order valence-corrected chi connectivity index (χ4v) is 5.33. The molecule has 1 saturated carbocycles. The van der Waals surface area contributed by atoms with Crippen LogP contribution in [0.15, 0.2) is 53.7 Å². The van der Waals surface area contributed by atoms with E-state index in [9.17, 15) is 18.0 Å². The Bertz CT molecular complexity index is 1230. The number of methoxy groups -OCH3 is 1. The Morgan fingerprint density at radius 2 is 1.84 bits per heavy atom. The number of nitrogens with zero attached hydrogens (tertiary/aromatic N) is 3.